The van der Waals surface area contributed by atoms with E-state index in [1.54, 1.807) is 0 Å². The molecule has 0 unspecified atom stereocenters. The number of methoxy groups -OCH3 is 1. The van der Waals surface area contributed by atoms with Crippen LogP contribution in [-0.4, -0.2) is 62.8 Å². The van der Waals surface area contributed by atoms with Gasteiger partial charge in [-0.25, -0.2) is 13.2 Å². The van der Waals surface area contributed by atoms with Crippen molar-refractivity contribution >= 4 is 45.2 Å². The van der Waals surface area contributed by atoms with Gasteiger partial charge in [-0.15, -0.1) is 0 Å². The van der Waals surface area contributed by atoms with Gasteiger partial charge in [-0.1, -0.05) is 41.4 Å². The number of carbonyl (C=O) groups excluding carboxylic acids is 2. The molecule has 0 bridgehead atoms. The van der Waals surface area contributed by atoms with Crippen LogP contribution < -0.4 is 9.47 Å². The smallest absolute Gasteiger partial charge is 0.387 e. The van der Waals surface area contributed by atoms with Crippen LogP contribution in [0.25, 0.3) is 0 Å². The van der Waals surface area contributed by atoms with E-state index in [-0.39, 0.29) is 40.1 Å². The van der Waals surface area contributed by atoms with Gasteiger partial charge in [-0.3, -0.25) is 9.78 Å². The van der Waals surface area contributed by atoms with Crippen LogP contribution in [0, 0.1) is 5.92 Å². The Bertz CT molecular complexity index is 1600. The van der Waals surface area contributed by atoms with Crippen molar-refractivity contribution in [1.29, 1.82) is 0 Å². The first kappa shape index (κ1) is 34.4. The summed E-state index contributed by atoms with van der Waals surface area (Å²) in [6.07, 6.45) is 4.43. The Morgan fingerprint density at radius 2 is 1.71 bits per heavy atom. The van der Waals surface area contributed by atoms with Crippen molar-refractivity contribution in [3.63, 3.8) is 0 Å². The van der Waals surface area contributed by atoms with Crippen molar-refractivity contribution in [2.45, 2.75) is 38.5 Å². The molecule has 15 heteroatoms. The molecule has 1 heterocycles. The number of esters is 2. The number of sulfonamides is 1. The molecule has 3 aromatic rings. The van der Waals surface area contributed by atoms with Crippen LogP contribution in [-0.2, 0) is 37.3 Å². The van der Waals surface area contributed by atoms with Gasteiger partial charge in [0.05, 0.1) is 35.6 Å². The summed E-state index contributed by atoms with van der Waals surface area (Å²) in [5, 5.41) is 0.388. The van der Waals surface area contributed by atoms with E-state index in [9.17, 15) is 26.8 Å². The highest BCUT2D eigenvalue weighted by molar-refractivity contribution is 7.88. The molecule has 242 valence electrons. The van der Waals surface area contributed by atoms with E-state index in [4.69, 9.17) is 32.7 Å². The van der Waals surface area contributed by atoms with Gasteiger partial charge in [-0.2, -0.15) is 13.1 Å². The Hall–Kier alpha value is -3.52. The van der Waals surface area contributed by atoms with Gasteiger partial charge in [0.1, 0.15) is 12.6 Å². The monoisotopic (exact) mass is 686 g/mol. The molecular formula is C30H30Cl2F2N2O8S. The van der Waals surface area contributed by atoms with E-state index < -0.39 is 41.2 Å². The standard InChI is InChI=1S/C30H30Cl2F2N2O8S/c1-41-29(38)20-7-5-18(6-8-20)15-36(45(2,39)40)16-28(37)43-26(12-22-23(31)13-35-14-24(22)32)21-9-10-25(44-30(33)34)27(11-21)42-17-19-3-4-19/h5-11,13-14,19,26,30H,3-4,12,15-17H2,1-2H3/t26-/m0/s1. The van der Waals surface area contributed by atoms with E-state index in [0.29, 0.717) is 29.2 Å². The molecule has 0 saturated heterocycles. The topological polar surface area (TPSA) is 121 Å². The number of carbonyl (C=O) groups is 2. The number of ether oxygens (including phenoxy) is 4. The molecular weight excluding hydrogens is 657 g/mol. The highest BCUT2D eigenvalue weighted by Crippen LogP contribution is 2.38. The van der Waals surface area contributed by atoms with Crippen molar-refractivity contribution < 1.29 is 45.7 Å². The number of halogens is 4. The summed E-state index contributed by atoms with van der Waals surface area (Å²) < 4.78 is 73.3. The minimum Gasteiger partial charge on any atom is -0.489 e. The van der Waals surface area contributed by atoms with Gasteiger partial charge in [0.15, 0.2) is 11.5 Å². The Labute approximate surface area is 269 Å². The van der Waals surface area contributed by atoms with Crippen molar-refractivity contribution in [1.82, 2.24) is 9.29 Å². The lowest BCUT2D eigenvalue weighted by Gasteiger charge is -2.24. The van der Waals surface area contributed by atoms with E-state index in [1.165, 1.54) is 62.0 Å². The number of hydrogen-bond donors (Lipinski definition) is 0. The van der Waals surface area contributed by atoms with Crippen LogP contribution in [0.3, 0.4) is 0 Å². The predicted molar refractivity (Wildman–Crippen MR) is 161 cm³/mol. The maximum atomic E-state index is 13.3. The van der Waals surface area contributed by atoms with Crippen LogP contribution in [0.4, 0.5) is 8.78 Å². The second-order valence-electron chi connectivity index (χ2n) is 10.3. The molecule has 0 N–H and O–H groups in total. The van der Waals surface area contributed by atoms with E-state index >= 15 is 0 Å². The normalized spacial score (nSPS) is 13.9. The van der Waals surface area contributed by atoms with Crippen molar-refractivity contribution in [3.8, 4) is 11.5 Å². The number of pyridine rings is 1. The fraction of sp³-hybridized carbons (Fsp3) is 0.367. The Morgan fingerprint density at radius 1 is 1.04 bits per heavy atom. The van der Waals surface area contributed by atoms with Crippen LogP contribution in [0.15, 0.2) is 54.9 Å². The summed E-state index contributed by atoms with van der Waals surface area (Å²) in [4.78, 5) is 29.0. The molecule has 1 aliphatic rings. The Morgan fingerprint density at radius 3 is 2.29 bits per heavy atom. The lowest BCUT2D eigenvalue weighted by Crippen LogP contribution is -2.35. The number of benzene rings is 2. The maximum Gasteiger partial charge on any atom is 0.387 e. The third kappa shape index (κ3) is 9.98. The van der Waals surface area contributed by atoms with E-state index in [1.807, 2.05) is 0 Å². The first-order chi connectivity index (χ1) is 21.3. The molecule has 0 amide bonds. The highest BCUT2D eigenvalue weighted by atomic mass is 35.5. The van der Waals surface area contributed by atoms with Gasteiger partial charge >= 0.3 is 18.6 Å². The summed E-state index contributed by atoms with van der Waals surface area (Å²) in [7, 11) is -2.67. The second-order valence-corrected chi connectivity index (χ2v) is 13.1. The average Bonchev–Trinajstić information content (AvgIpc) is 3.81. The molecule has 1 aliphatic carbocycles. The van der Waals surface area contributed by atoms with Gasteiger partial charge in [0, 0.05) is 25.4 Å². The number of alkyl halides is 2. The number of rotatable bonds is 15. The zero-order valence-electron chi connectivity index (χ0n) is 24.3. The summed E-state index contributed by atoms with van der Waals surface area (Å²) in [6, 6.07) is 10.2. The first-order valence-corrected chi connectivity index (χ1v) is 16.3. The SMILES string of the molecule is COC(=O)c1ccc(CN(CC(=O)O[C@@H](Cc2c(Cl)cncc2Cl)c2ccc(OC(F)F)c(OCC3CC3)c2)S(C)(=O)=O)cc1. The minimum absolute atomic E-state index is 0.0286. The zero-order chi connectivity index (χ0) is 32.7. The summed E-state index contributed by atoms with van der Waals surface area (Å²) in [5.74, 6) is -1.33. The van der Waals surface area contributed by atoms with Gasteiger partial charge < -0.3 is 18.9 Å². The van der Waals surface area contributed by atoms with Crippen LogP contribution >= 0.6 is 23.2 Å². The quantitative estimate of drug-likeness (QED) is 0.181. The molecule has 10 nitrogen and oxygen atoms in total. The third-order valence-corrected chi connectivity index (χ3v) is 8.70. The maximum absolute atomic E-state index is 13.3. The van der Waals surface area contributed by atoms with Crippen LogP contribution in [0.5, 0.6) is 11.5 Å². The van der Waals surface area contributed by atoms with E-state index in [2.05, 4.69) is 14.5 Å². The summed E-state index contributed by atoms with van der Waals surface area (Å²) in [5.41, 5.74) is 1.50. The molecule has 2 aromatic carbocycles. The number of hydrogen-bond acceptors (Lipinski definition) is 9. The second kappa shape index (κ2) is 15.2. The fourth-order valence-corrected chi connectivity index (χ4v) is 5.51. The first-order valence-electron chi connectivity index (χ1n) is 13.6. The number of nitrogens with zero attached hydrogens (tertiary/aromatic N) is 2. The van der Waals surface area contributed by atoms with Gasteiger partial charge in [-0.05, 0) is 59.7 Å². The summed E-state index contributed by atoms with van der Waals surface area (Å²) >= 11 is 12.7. The van der Waals surface area contributed by atoms with Crippen molar-refractivity contribution in [3.05, 3.63) is 87.2 Å². The molecule has 0 aliphatic heterocycles. The molecule has 45 heavy (non-hydrogen) atoms. The molecule has 0 radical (unpaired) electrons. The van der Waals surface area contributed by atoms with Crippen LogP contribution in [0.1, 0.15) is 46.0 Å². The lowest BCUT2D eigenvalue weighted by molar-refractivity contribution is -0.149. The predicted octanol–water partition coefficient (Wildman–Crippen LogP) is 5.85. The largest absolute Gasteiger partial charge is 0.489 e. The van der Waals surface area contributed by atoms with Crippen molar-refractivity contribution in [2.75, 3.05) is 26.5 Å². The Kier molecular flexibility index (Phi) is 11.6. The van der Waals surface area contributed by atoms with Crippen LogP contribution in [0.2, 0.25) is 10.0 Å². The zero-order valence-corrected chi connectivity index (χ0v) is 26.6. The summed E-state index contributed by atoms with van der Waals surface area (Å²) in [6.45, 7) is -3.66. The van der Waals surface area contributed by atoms with Gasteiger partial charge in [0.25, 0.3) is 0 Å². The number of aromatic nitrogens is 1. The van der Waals surface area contributed by atoms with E-state index in [0.717, 1.165) is 23.4 Å². The average molecular weight is 688 g/mol. The lowest BCUT2D eigenvalue weighted by atomic mass is 10.0. The molecule has 0 spiro atoms. The molecule has 1 atom stereocenters. The highest BCUT2D eigenvalue weighted by Gasteiger charge is 2.28. The molecule has 1 aromatic heterocycles. The van der Waals surface area contributed by atoms with Crippen molar-refractivity contribution in [2.24, 2.45) is 5.92 Å². The third-order valence-electron chi connectivity index (χ3n) is 6.85. The Balaban J connectivity index is 1.60. The fourth-order valence-electron chi connectivity index (χ4n) is 4.27. The van der Waals surface area contributed by atoms with Gasteiger partial charge in [0.2, 0.25) is 10.0 Å². The minimum atomic E-state index is -3.91. The molecule has 4 rings (SSSR count). The molecule has 1 fully saturated rings. The molecule has 1 saturated carbocycles.